The lowest BCUT2D eigenvalue weighted by Crippen LogP contribution is -1.99. The average Bonchev–Trinajstić information content (AvgIpc) is 2.49. The highest BCUT2D eigenvalue weighted by Gasteiger charge is 2.25. The van der Waals surface area contributed by atoms with Gasteiger partial charge in [-0.2, -0.15) is 0 Å². The summed E-state index contributed by atoms with van der Waals surface area (Å²) in [6.07, 6.45) is 2.43. The smallest absolute Gasteiger partial charge is 0.334 e. The summed E-state index contributed by atoms with van der Waals surface area (Å²) < 4.78 is 5.04. The molecule has 0 N–H and O–H groups in total. The Bertz CT molecular complexity index is 423. The second-order valence-corrected chi connectivity index (χ2v) is 4.02. The largest absolute Gasteiger partial charge is 0.459 e. The highest BCUT2D eigenvalue weighted by Crippen LogP contribution is 2.25. The number of halogens is 1. The van der Waals surface area contributed by atoms with Gasteiger partial charge in [-0.3, -0.25) is 0 Å². The van der Waals surface area contributed by atoms with Crippen LogP contribution in [0.2, 0.25) is 5.02 Å². The number of ether oxygens (including phenoxy) is 1. The molecule has 0 spiro atoms. The number of hydrogen-bond acceptors (Lipinski definition) is 2. The van der Waals surface area contributed by atoms with Crippen molar-refractivity contribution >= 4 is 23.6 Å². The number of rotatable bonds is 1. The highest BCUT2D eigenvalue weighted by molar-refractivity contribution is 6.32. The molecule has 1 aliphatic rings. The first kappa shape index (κ1) is 10.2. The second kappa shape index (κ2) is 4.07. The van der Waals surface area contributed by atoms with E-state index < -0.39 is 0 Å². The van der Waals surface area contributed by atoms with Gasteiger partial charge < -0.3 is 4.74 Å². The Morgan fingerprint density at radius 1 is 1.47 bits per heavy atom. The predicted octanol–water partition coefficient (Wildman–Crippen LogP) is 3.06. The van der Waals surface area contributed by atoms with Gasteiger partial charge in [0.05, 0.1) is 0 Å². The van der Waals surface area contributed by atoms with E-state index >= 15 is 0 Å². The van der Waals surface area contributed by atoms with E-state index in [0.29, 0.717) is 17.0 Å². The zero-order chi connectivity index (χ0) is 10.8. The van der Waals surface area contributed by atoms with Crippen molar-refractivity contribution < 1.29 is 9.53 Å². The van der Waals surface area contributed by atoms with Crippen LogP contribution in [0.15, 0.2) is 29.8 Å². The van der Waals surface area contributed by atoms with Gasteiger partial charge in [0.2, 0.25) is 0 Å². The monoisotopic (exact) mass is 222 g/mol. The van der Waals surface area contributed by atoms with Crippen molar-refractivity contribution in [3.05, 3.63) is 40.4 Å². The minimum atomic E-state index is -0.234. The maximum Gasteiger partial charge on any atom is 0.334 e. The summed E-state index contributed by atoms with van der Waals surface area (Å²) in [4.78, 5) is 11.4. The summed E-state index contributed by atoms with van der Waals surface area (Å²) in [7, 11) is 0. The summed E-state index contributed by atoms with van der Waals surface area (Å²) in [6, 6.07) is 7.44. The average molecular weight is 223 g/mol. The fourth-order valence-corrected chi connectivity index (χ4v) is 1.78. The molecule has 3 heteroatoms. The van der Waals surface area contributed by atoms with Crippen molar-refractivity contribution in [1.29, 1.82) is 0 Å². The summed E-state index contributed by atoms with van der Waals surface area (Å²) in [5.41, 5.74) is 1.55. The van der Waals surface area contributed by atoms with Gasteiger partial charge in [-0.15, -0.1) is 0 Å². The predicted molar refractivity (Wildman–Crippen MR) is 59.6 cm³/mol. The zero-order valence-corrected chi connectivity index (χ0v) is 9.12. The van der Waals surface area contributed by atoms with Crippen LogP contribution in [-0.4, -0.2) is 12.1 Å². The van der Waals surface area contributed by atoms with Crippen molar-refractivity contribution in [3.63, 3.8) is 0 Å². The van der Waals surface area contributed by atoms with E-state index in [1.54, 1.807) is 12.1 Å². The molecular formula is C12H11ClO2. The molecule has 0 amide bonds. The van der Waals surface area contributed by atoms with Gasteiger partial charge in [-0.25, -0.2) is 4.79 Å². The number of carbonyl (C=O) groups excluding carboxylic acids is 1. The molecule has 0 aromatic heterocycles. The van der Waals surface area contributed by atoms with Gasteiger partial charge in [-0.1, -0.05) is 29.8 Å². The molecule has 1 aromatic rings. The summed E-state index contributed by atoms with van der Waals surface area (Å²) >= 11 is 5.99. The normalized spacial score (nSPS) is 23.2. The zero-order valence-electron chi connectivity index (χ0n) is 8.37. The lowest BCUT2D eigenvalue weighted by Gasteiger charge is -1.97. The van der Waals surface area contributed by atoms with Crippen molar-refractivity contribution in [2.24, 2.45) is 0 Å². The molecule has 78 valence electrons. The number of esters is 1. The summed E-state index contributed by atoms with van der Waals surface area (Å²) in [6.45, 7) is 1.88. The molecule has 0 radical (unpaired) electrons. The van der Waals surface area contributed by atoms with Gasteiger partial charge in [0.25, 0.3) is 0 Å². The van der Waals surface area contributed by atoms with Crippen LogP contribution in [0.5, 0.6) is 0 Å². The Hall–Kier alpha value is -1.28. The molecule has 0 aliphatic carbocycles. The van der Waals surface area contributed by atoms with Crippen LogP contribution < -0.4 is 0 Å². The Balaban J connectivity index is 2.31. The van der Waals surface area contributed by atoms with Crippen LogP contribution >= 0.6 is 11.6 Å². The van der Waals surface area contributed by atoms with Crippen LogP contribution in [-0.2, 0) is 9.53 Å². The maximum absolute atomic E-state index is 11.4. The van der Waals surface area contributed by atoms with Gasteiger partial charge in [0, 0.05) is 17.0 Å². The highest BCUT2D eigenvalue weighted by atomic mass is 35.5. The van der Waals surface area contributed by atoms with Crippen LogP contribution in [0.4, 0.5) is 0 Å². The number of carbonyl (C=O) groups is 1. The van der Waals surface area contributed by atoms with E-state index in [4.69, 9.17) is 16.3 Å². The standard InChI is InChI=1S/C12H11ClO2/c1-8-6-10(12(14)15-8)7-9-4-2-3-5-11(9)13/h2-5,7-8H,6H2,1H3/b10-7+. The van der Waals surface area contributed by atoms with Crippen molar-refractivity contribution in [2.75, 3.05) is 0 Å². The summed E-state index contributed by atoms with van der Waals surface area (Å²) in [5, 5.41) is 0.650. The molecule has 1 saturated heterocycles. The topological polar surface area (TPSA) is 26.3 Å². The quantitative estimate of drug-likeness (QED) is 0.539. The van der Waals surface area contributed by atoms with Crippen LogP contribution in [0.25, 0.3) is 6.08 Å². The molecule has 2 nitrogen and oxygen atoms in total. The van der Waals surface area contributed by atoms with Crippen molar-refractivity contribution in [3.8, 4) is 0 Å². The Labute approximate surface area is 93.5 Å². The lowest BCUT2D eigenvalue weighted by atomic mass is 10.1. The number of cyclic esters (lactones) is 1. The number of hydrogen-bond donors (Lipinski definition) is 0. The summed E-state index contributed by atoms with van der Waals surface area (Å²) in [5.74, 6) is -0.234. The molecule has 2 rings (SSSR count). The maximum atomic E-state index is 11.4. The van der Waals surface area contributed by atoms with Crippen LogP contribution in [0.1, 0.15) is 18.9 Å². The molecule has 15 heavy (non-hydrogen) atoms. The molecule has 1 heterocycles. The molecular weight excluding hydrogens is 212 g/mol. The fraction of sp³-hybridized carbons (Fsp3) is 0.250. The molecule has 1 unspecified atom stereocenters. The number of benzene rings is 1. The van der Waals surface area contributed by atoms with Crippen LogP contribution in [0, 0.1) is 0 Å². The van der Waals surface area contributed by atoms with Crippen molar-refractivity contribution in [2.45, 2.75) is 19.4 Å². The first-order valence-electron chi connectivity index (χ1n) is 4.83. The van der Waals surface area contributed by atoms with Crippen LogP contribution in [0.3, 0.4) is 0 Å². The Morgan fingerprint density at radius 2 is 2.20 bits per heavy atom. The van der Waals surface area contributed by atoms with Gasteiger partial charge in [0.15, 0.2) is 0 Å². The SMILES string of the molecule is CC1C/C(=C\c2ccccc2Cl)C(=O)O1. The first-order valence-corrected chi connectivity index (χ1v) is 5.20. The Morgan fingerprint density at radius 3 is 2.80 bits per heavy atom. The van der Waals surface area contributed by atoms with Gasteiger partial charge in [-0.05, 0) is 24.6 Å². The molecule has 1 fully saturated rings. The van der Waals surface area contributed by atoms with Gasteiger partial charge in [0.1, 0.15) is 6.10 Å². The van der Waals surface area contributed by atoms with E-state index in [1.165, 1.54) is 0 Å². The third-order valence-electron chi connectivity index (χ3n) is 2.31. The molecule has 0 bridgehead atoms. The third kappa shape index (κ3) is 2.21. The fourth-order valence-electron chi connectivity index (χ4n) is 1.59. The minimum Gasteiger partial charge on any atom is -0.459 e. The van der Waals surface area contributed by atoms with Crippen molar-refractivity contribution in [1.82, 2.24) is 0 Å². The molecule has 0 saturated carbocycles. The second-order valence-electron chi connectivity index (χ2n) is 3.61. The third-order valence-corrected chi connectivity index (χ3v) is 2.66. The lowest BCUT2D eigenvalue weighted by molar-refractivity contribution is -0.138. The van der Waals surface area contributed by atoms with E-state index in [0.717, 1.165) is 5.56 Å². The van der Waals surface area contributed by atoms with E-state index in [-0.39, 0.29) is 12.1 Å². The van der Waals surface area contributed by atoms with Gasteiger partial charge >= 0.3 is 5.97 Å². The minimum absolute atomic E-state index is 0.0220. The molecule has 1 atom stereocenters. The molecule has 1 aromatic carbocycles. The molecule has 1 aliphatic heterocycles. The van der Waals surface area contributed by atoms with E-state index in [9.17, 15) is 4.79 Å². The van der Waals surface area contributed by atoms with E-state index in [1.807, 2.05) is 25.1 Å². The van der Waals surface area contributed by atoms with E-state index in [2.05, 4.69) is 0 Å². The Kier molecular flexibility index (Phi) is 2.78. The first-order chi connectivity index (χ1) is 7.16.